The average Bonchev–Trinajstić information content (AvgIpc) is 3.03. The Kier molecular flexibility index (Phi) is 4.11. The van der Waals surface area contributed by atoms with Gasteiger partial charge in [0.15, 0.2) is 0 Å². The number of aromatic nitrogens is 2. The van der Waals surface area contributed by atoms with Crippen LogP contribution in [-0.2, 0) is 16.9 Å². The summed E-state index contributed by atoms with van der Waals surface area (Å²) in [6.45, 7) is 0. The number of nitrogens with zero attached hydrogens (tertiary/aromatic N) is 2. The minimum Gasteiger partial charge on any atom is -0.609 e. The van der Waals surface area contributed by atoms with Gasteiger partial charge in [-0.2, -0.15) is 4.98 Å². The van der Waals surface area contributed by atoms with Crippen LogP contribution in [0.5, 0.6) is 0 Å². The van der Waals surface area contributed by atoms with Crippen LogP contribution in [0.2, 0.25) is 0 Å². The molecule has 126 valence electrons. The molecule has 0 amide bonds. The van der Waals surface area contributed by atoms with Crippen molar-refractivity contribution < 1.29 is 4.55 Å². The summed E-state index contributed by atoms with van der Waals surface area (Å²) in [5, 5.41) is 2.81. The van der Waals surface area contributed by atoms with Crippen molar-refractivity contribution in [1.82, 2.24) is 9.97 Å². The molecule has 0 aliphatic carbocycles. The summed E-state index contributed by atoms with van der Waals surface area (Å²) in [6, 6.07) is 20.3. The summed E-state index contributed by atoms with van der Waals surface area (Å²) in [7, 11) is 3.99. The fourth-order valence-corrected chi connectivity index (χ4v) is 4.15. The molecule has 0 saturated heterocycles. The molecular weight excluding hydrogens is 330 g/mol. The van der Waals surface area contributed by atoms with Crippen LogP contribution in [0.25, 0.3) is 21.8 Å². The molecule has 3 aromatic carbocycles. The first kappa shape index (κ1) is 16.0. The zero-order chi connectivity index (χ0) is 17.4. The van der Waals surface area contributed by atoms with E-state index in [0.717, 1.165) is 33.1 Å². The third kappa shape index (κ3) is 3.08. The molecule has 4 rings (SSSR count). The van der Waals surface area contributed by atoms with E-state index in [1.807, 2.05) is 61.5 Å². The van der Waals surface area contributed by atoms with Crippen molar-refractivity contribution in [2.75, 3.05) is 19.0 Å². The van der Waals surface area contributed by atoms with Gasteiger partial charge >= 0.3 is 5.16 Å². The second-order valence-electron chi connectivity index (χ2n) is 6.27. The van der Waals surface area contributed by atoms with Crippen molar-refractivity contribution in [1.29, 1.82) is 0 Å². The van der Waals surface area contributed by atoms with Crippen LogP contribution in [0.3, 0.4) is 0 Å². The molecule has 0 radical (unpaired) electrons. The van der Waals surface area contributed by atoms with Crippen LogP contribution in [0.15, 0.2) is 65.8 Å². The van der Waals surface area contributed by atoms with Gasteiger partial charge < -0.3 is 9.45 Å². The van der Waals surface area contributed by atoms with Gasteiger partial charge in [-0.25, -0.2) is 0 Å². The smallest absolute Gasteiger partial charge is 0.321 e. The fourth-order valence-electron chi connectivity index (χ4n) is 3.06. The second kappa shape index (κ2) is 6.43. The van der Waals surface area contributed by atoms with E-state index in [1.54, 1.807) is 0 Å². The maximum absolute atomic E-state index is 12.9. The molecule has 0 aliphatic rings. The van der Waals surface area contributed by atoms with E-state index in [9.17, 15) is 4.55 Å². The molecular formula is C20H19N3OS. The number of rotatable bonds is 4. The van der Waals surface area contributed by atoms with Crippen molar-refractivity contribution in [3.05, 3.63) is 66.2 Å². The van der Waals surface area contributed by atoms with Gasteiger partial charge in [0.05, 0.1) is 11.0 Å². The van der Waals surface area contributed by atoms with E-state index >= 15 is 0 Å². The summed E-state index contributed by atoms with van der Waals surface area (Å²) in [4.78, 5) is 9.84. The highest BCUT2D eigenvalue weighted by Gasteiger charge is 2.19. The standard InChI is InChI=1S/C20H19N3OS/c1-23(2)19-10-6-5-9-16(19)13-25(24)20-21-17-11-14-7-3-4-8-15(14)12-18(17)22-20/h3-12H,13H2,1-2H3,(H,21,22). The zero-order valence-corrected chi connectivity index (χ0v) is 15.0. The average molecular weight is 349 g/mol. The third-order valence-electron chi connectivity index (χ3n) is 4.30. The highest BCUT2D eigenvalue weighted by molar-refractivity contribution is 7.90. The number of nitrogens with one attached hydrogen (secondary N) is 1. The third-order valence-corrected chi connectivity index (χ3v) is 5.50. The number of fused-ring (bicyclic) bond motifs is 2. The number of anilines is 1. The predicted molar refractivity (Wildman–Crippen MR) is 104 cm³/mol. The minimum atomic E-state index is -1.22. The van der Waals surface area contributed by atoms with Gasteiger partial charge in [-0.15, -0.1) is 0 Å². The van der Waals surface area contributed by atoms with E-state index in [2.05, 4.69) is 28.2 Å². The quantitative estimate of drug-likeness (QED) is 0.565. The highest BCUT2D eigenvalue weighted by Crippen LogP contribution is 2.26. The normalized spacial score (nSPS) is 12.6. The Hall–Kier alpha value is -2.50. The molecule has 4 aromatic rings. The maximum atomic E-state index is 12.9. The first-order valence-corrected chi connectivity index (χ1v) is 9.46. The summed E-state index contributed by atoms with van der Waals surface area (Å²) in [5.41, 5.74) is 3.90. The van der Waals surface area contributed by atoms with Crippen LogP contribution < -0.4 is 4.90 Å². The number of hydrogen-bond donors (Lipinski definition) is 1. The Balaban J connectivity index is 1.68. The molecule has 4 nitrogen and oxygen atoms in total. The van der Waals surface area contributed by atoms with Crippen LogP contribution in [0.4, 0.5) is 5.69 Å². The topological polar surface area (TPSA) is 55.0 Å². The van der Waals surface area contributed by atoms with Gasteiger partial charge in [0, 0.05) is 36.5 Å². The van der Waals surface area contributed by atoms with Crippen molar-refractivity contribution in [3.8, 4) is 0 Å². The maximum Gasteiger partial charge on any atom is 0.321 e. The van der Waals surface area contributed by atoms with Gasteiger partial charge in [0.2, 0.25) is 0 Å². The van der Waals surface area contributed by atoms with E-state index in [0.29, 0.717) is 10.9 Å². The number of aromatic amines is 1. The predicted octanol–water partition coefficient (Wildman–Crippen LogP) is 4.09. The van der Waals surface area contributed by atoms with E-state index in [1.165, 1.54) is 0 Å². The van der Waals surface area contributed by atoms with Crippen LogP contribution in [-0.4, -0.2) is 28.6 Å². The van der Waals surface area contributed by atoms with Crippen LogP contribution >= 0.6 is 0 Å². The lowest BCUT2D eigenvalue weighted by Gasteiger charge is -2.17. The lowest BCUT2D eigenvalue weighted by Crippen LogP contribution is -2.14. The first-order chi connectivity index (χ1) is 12.1. The molecule has 1 aromatic heterocycles. The molecule has 1 N–H and O–H groups in total. The lowest BCUT2D eigenvalue weighted by molar-refractivity contribution is 0.587. The Bertz CT molecular complexity index is 989. The molecule has 0 saturated carbocycles. The largest absolute Gasteiger partial charge is 0.609 e. The monoisotopic (exact) mass is 349 g/mol. The number of para-hydroxylation sites is 1. The van der Waals surface area contributed by atoms with Gasteiger partial charge in [0.1, 0.15) is 5.75 Å². The van der Waals surface area contributed by atoms with E-state index in [-0.39, 0.29) is 0 Å². The van der Waals surface area contributed by atoms with Gasteiger partial charge in [-0.1, -0.05) is 42.5 Å². The summed E-state index contributed by atoms with van der Waals surface area (Å²) in [5.74, 6) is 0.438. The van der Waals surface area contributed by atoms with Crippen LogP contribution in [0, 0.1) is 0 Å². The fraction of sp³-hybridized carbons (Fsp3) is 0.150. The molecule has 1 atom stereocenters. The number of imidazole rings is 1. The number of benzene rings is 3. The molecule has 0 fully saturated rings. The second-order valence-corrected chi connectivity index (χ2v) is 7.64. The van der Waals surface area contributed by atoms with Gasteiger partial charge in [0.25, 0.3) is 0 Å². The lowest BCUT2D eigenvalue weighted by atomic mass is 10.1. The van der Waals surface area contributed by atoms with E-state index in [4.69, 9.17) is 0 Å². The van der Waals surface area contributed by atoms with Crippen LogP contribution in [0.1, 0.15) is 5.56 Å². The Morgan fingerprint density at radius 2 is 1.68 bits per heavy atom. The Labute approximate surface area is 149 Å². The Morgan fingerprint density at radius 1 is 1.00 bits per heavy atom. The molecule has 0 bridgehead atoms. The molecule has 25 heavy (non-hydrogen) atoms. The molecule has 5 heteroatoms. The van der Waals surface area contributed by atoms with E-state index < -0.39 is 11.2 Å². The van der Waals surface area contributed by atoms with Crippen molar-refractivity contribution >= 4 is 38.7 Å². The zero-order valence-electron chi connectivity index (χ0n) is 14.2. The van der Waals surface area contributed by atoms with Crippen molar-refractivity contribution in [3.63, 3.8) is 0 Å². The van der Waals surface area contributed by atoms with Crippen molar-refractivity contribution in [2.45, 2.75) is 10.9 Å². The summed E-state index contributed by atoms with van der Waals surface area (Å²) < 4.78 is 12.9. The molecule has 0 aliphatic heterocycles. The Morgan fingerprint density at radius 3 is 2.44 bits per heavy atom. The summed E-state index contributed by atoms with van der Waals surface area (Å²) >= 11 is -1.22. The van der Waals surface area contributed by atoms with Gasteiger partial charge in [-0.3, -0.25) is 4.98 Å². The number of hydrogen-bond acceptors (Lipinski definition) is 3. The van der Waals surface area contributed by atoms with Gasteiger partial charge in [-0.05, 0) is 29.0 Å². The number of H-pyrrole nitrogens is 1. The highest BCUT2D eigenvalue weighted by atomic mass is 32.2. The first-order valence-electron chi connectivity index (χ1n) is 8.14. The van der Waals surface area contributed by atoms with Crippen molar-refractivity contribution in [2.24, 2.45) is 0 Å². The summed E-state index contributed by atoms with van der Waals surface area (Å²) in [6.07, 6.45) is 0. The molecule has 1 heterocycles. The SMILES string of the molecule is CN(C)c1ccccc1C[S+]([O-])c1nc2cc3ccccc3cc2[nH]1. The minimum absolute atomic E-state index is 0.438. The molecule has 1 unspecified atom stereocenters. The molecule has 0 spiro atoms.